The second kappa shape index (κ2) is 3.55. The maximum atomic E-state index is 6.07. The van der Waals surface area contributed by atoms with Crippen molar-refractivity contribution in [3.63, 3.8) is 0 Å². The summed E-state index contributed by atoms with van der Waals surface area (Å²) < 4.78 is 0. The fourth-order valence-electron chi connectivity index (χ4n) is 1.66. The molecular weight excluding hydrogens is 212 g/mol. The predicted octanol–water partition coefficient (Wildman–Crippen LogP) is 2.01. The molecule has 0 fully saturated rings. The molecule has 0 saturated heterocycles. The molecular formula is C10H11ClN4. The third-order valence-electron chi connectivity index (χ3n) is 2.31. The van der Waals surface area contributed by atoms with E-state index in [4.69, 9.17) is 23.1 Å². The highest BCUT2D eigenvalue weighted by Gasteiger charge is 2.10. The van der Waals surface area contributed by atoms with E-state index in [0.717, 1.165) is 22.9 Å². The molecule has 2 aromatic rings. The predicted molar refractivity (Wildman–Crippen MR) is 62.8 cm³/mol. The van der Waals surface area contributed by atoms with Crippen LogP contribution in [0.25, 0.3) is 10.9 Å². The van der Waals surface area contributed by atoms with Crippen molar-refractivity contribution in [1.29, 1.82) is 0 Å². The normalized spacial score (nSPS) is 10.8. The van der Waals surface area contributed by atoms with Crippen molar-refractivity contribution in [3.05, 3.63) is 22.7 Å². The Morgan fingerprint density at radius 3 is 2.67 bits per heavy atom. The second-order valence-corrected chi connectivity index (χ2v) is 3.65. The van der Waals surface area contributed by atoms with Gasteiger partial charge in [-0.05, 0) is 24.1 Å². The number of benzene rings is 1. The largest absolute Gasteiger partial charge is 0.383 e. The highest BCUT2D eigenvalue weighted by molar-refractivity contribution is 6.32. The Morgan fingerprint density at radius 2 is 2.00 bits per heavy atom. The maximum Gasteiger partial charge on any atom is 0.222 e. The zero-order valence-corrected chi connectivity index (χ0v) is 9.04. The maximum absolute atomic E-state index is 6.07. The molecule has 4 nitrogen and oxygen atoms in total. The van der Waals surface area contributed by atoms with Gasteiger partial charge in [-0.25, -0.2) is 4.98 Å². The van der Waals surface area contributed by atoms with E-state index in [-0.39, 0.29) is 5.95 Å². The summed E-state index contributed by atoms with van der Waals surface area (Å²) in [7, 11) is 0. The van der Waals surface area contributed by atoms with Gasteiger partial charge in [0, 0.05) is 10.4 Å². The number of fused-ring (bicyclic) bond motifs is 1. The van der Waals surface area contributed by atoms with Gasteiger partial charge in [0.2, 0.25) is 5.95 Å². The molecule has 0 atom stereocenters. The van der Waals surface area contributed by atoms with Crippen molar-refractivity contribution in [2.45, 2.75) is 13.3 Å². The topological polar surface area (TPSA) is 77.8 Å². The van der Waals surface area contributed by atoms with Gasteiger partial charge in [0.15, 0.2) is 0 Å². The summed E-state index contributed by atoms with van der Waals surface area (Å²) in [5, 5.41) is 1.49. The van der Waals surface area contributed by atoms with Gasteiger partial charge in [-0.3, -0.25) is 0 Å². The molecule has 0 bridgehead atoms. The van der Waals surface area contributed by atoms with Gasteiger partial charge in [-0.15, -0.1) is 0 Å². The van der Waals surface area contributed by atoms with Crippen LogP contribution in [0.3, 0.4) is 0 Å². The van der Waals surface area contributed by atoms with Crippen LogP contribution in [0.15, 0.2) is 12.1 Å². The molecule has 1 aromatic heterocycles. The van der Waals surface area contributed by atoms with Gasteiger partial charge in [0.05, 0.1) is 5.52 Å². The molecule has 0 unspecified atom stereocenters. The first-order valence-corrected chi connectivity index (χ1v) is 5.01. The molecule has 0 aliphatic heterocycles. The SMILES string of the molecule is CCc1c(Cl)ccc2nc(N)nc(N)c12. The minimum atomic E-state index is 0.185. The van der Waals surface area contributed by atoms with Gasteiger partial charge in [0.1, 0.15) is 5.82 Å². The van der Waals surface area contributed by atoms with Crippen LogP contribution in [0.2, 0.25) is 5.02 Å². The van der Waals surface area contributed by atoms with Crippen LogP contribution in [-0.2, 0) is 6.42 Å². The number of rotatable bonds is 1. The Labute approximate surface area is 92.3 Å². The number of halogens is 1. The quantitative estimate of drug-likeness (QED) is 0.774. The standard InChI is InChI=1S/C10H11ClN4/c1-2-5-6(11)3-4-7-8(5)9(12)15-10(13)14-7/h3-4H,2H2,1H3,(H4,12,13,14,15). The Balaban J connectivity index is 2.91. The summed E-state index contributed by atoms with van der Waals surface area (Å²) in [5.41, 5.74) is 13.0. The van der Waals surface area contributed by atoms with Crippen molar-refractivity contribution >= 4 is 34.3 Å². The molecule has 5 heteroatoms. The molecule has 0 spiro atoms. The zero-order chi connectivity index (χ0) is 11.0. The second-order valence-electron chi connectivity index (χ2n) is 3.24. The van der Waals surface area contributed by atoms with Crippen LogP contribution in [0.4, 0.5) is 11.8 Å². The van der Waals surface area contributed by atoms with Gasteiger partial charge in [-0.1, -0.05) is 18.5 Å². The molecule has 0 aliphatic carbocycles. The van der Waals surface area contributed by atoms with E-state index in [1.165, 1.54) is 0 Å². The van der Waals surface area contributed by atoms with Crippen molar-refractivity contribution in [3.8, 4) is 0 Å². The van der Waals surface area contributed by atoms with Crippen LogP contribution in [-0.4, -0.2) is 9.97 Å². The first-order valence-electron chi connectivity index (χ1n) is 4.63. The summed E-state index contributed by atoms with van der Waals surface area (Å²) in [6, 6.07) is 3.60. The van der Waals surface area contributed by atoms with Crippen LogP contribution in [0, 0.1) is 0 Å². The number of nitrogen functional groups attached to an aromatic ring is 2. The Bertz CT molecular complexity index is 524. The molecule has 15 heavy (non-hydrogen) atoms. The summed E-state index contributed by atoms with van der Waals surface area (Å²) in [6.07, 6.45) is 0.785. The molecule has 0 amide bonds. The zero-order valence-electron chi connectivity index (χ0n) is 8.29. The van der Waals surface area contributed by atoms with Gasteiger partial charge in [-0.2, -0.15) is 4.98 Å². The van der Waals surface area contributed by atoms with E-state index in [1.54, 1.807) is 12.1 Å². The lowest BCUT2D eigenvalue weighted by molar-refractivity contribution is 1.15. The highest BCUT2D eigenvalue weighted by atomic mass is 35.5. The fourth-order valence-corrected chi connectivity index (χ4v) is 1.95. The minimum absolute atomic E-state index is 0.185. The first-order chi connectivity index (χ1) is 7.13. The summed E-state index contributed by atoms with van der Waals surface area (Å²) >= 11 is 6.07. The van der Waals surface area contributed by atoms with Crippen molar-refractivity contribution in [2.24, 2.45) is 0 Å². The van der Waals surface area contributed by atoms with Crippen molar-refractivity contribution in [1.82, 2.24) is 9.97 Å². The number of aryl methyl sites for hydroxylation is 1. The number of anilines is 2. The lowest BCUT2D eigenvalue weighted by Crippen LogP contribution is -2.02. The van der Waals surface area contributed by atoms with E-state index in [2.05, 4.69) is 9.97 Å². The lowest BCUT2D eigenvalue weighted by atomic mass is 10.1. The van der Waals surface area contributed by atoms with E-state index >= 15 is 0 Å². The van der Waals surface area contributed by atoms with Crippen LogP contribution < -0.4 is 11.5 Å². The van der Waals surface area contributed by atoms with E-state index in [1.807, 2.05) is 6.92 Å². The van der Waals surface area contributed by atoms with E-state index < -0.39 is 0 Å². The molecule has 0 radical (unpaired) electrons. The van der Waals surface area contributed by atoms with Crippen LogP contribution in [0.5, 0.6) is 0 Å². The molecule has 4 N–H and O–H groups in total. The average Bonchev–Trinajstić information content (AvgIpc) is 2.18. The number of hydrogen-bond donors (Lipinski definition) is 2. The smallest absolute Gasteiger partial charge is 0.222 e. The third-order valence-corrected chi connectivity index (χ3v) is 2.67. The molecule has 78 valence electrons. The molecule has 0 saturated carbocycles. The Hall–Kier alpha value is -1.55. The number of aromatic nitrogens is 2. The van der Waals surface area contributed by atoms with E-state index in [9.17, 15) is 0 Å². The number of nitrogens with zero attached hydrogens (tertiary/aromatic N) is 2. The Morgan fingerprint density at radius 1 is 1.27 bits per heavy atom. The number of hydrogen-bond acceptors (Lipinski definition) is 4. The summed E-state index contributed by atoms with van der Waals surface area (Å²) in [5.74, 6) is 0.571. The minimum Gasteiger partial charge on any atom is -0.383 e. The Kier molecular flexibility index (Phi) is 2.36. The molecule has 1 heterocycles. The van der Waals surface area contributed by atoms with Crippen molar-refractivity contribution < 1.29 is 0 Å². The van der Waals surface area contributed by atoms with Crippen LogP contribution in [0.1, 0.15) is 12.5 Å². The summed E-state index contributed by atoms with van der Waals surface area (Å²) in [4.78, 5) is 8.05. The monoisotopic (exact) mass is 222 g/mol. The summed E-state index contributed by atoms with van der Waals surface area (Å²) in [6.45, 7) is 2.01. The molecule has 0 aliphatic rings. The van der Waals surface area contributed by atoms with Crippen LogP contribution >= 0.6 is 11.6 Å². The van der Waals surface area contributed by atoms with Crippen molar-refractivity contribution in [2.75, 3.05) is 11.5 Å². The third kappa shape index (κ3) is 1.57. The lowest BCUT2D eigenvalue weighted by Gasteiger charge is -2.08. The molecule has 2 rings (SSSR count). The fraction of sp³-hybridized carbons (Fsp3) is 0.200. The number of nitrogens with two attached hydrogens (primary N) is 2. The van der Waals surface area contributed by atoms with Gasteiger partial charge >= 0.3 is 0 Å². The molecule has 1 aromatic carbocycles. The highest BCUT2D eigenvalue weighted by Crippen LogP contribution is 2.29. The first kappa shape index (κ1) is 9.98. The average molecular weight is 223 g/mol. The van der Waals surface area contributed by atoms with Gasteiger partial charge < -0.3 is 11.5 Å². The van der Waals surface area contributed by atoms with E-state index in [0.29, 0.717) is 10.8 Å². The van der Waals surface area contributed by atoms with Gasteiger partial charge in [0.25, 0.3) is 0 Å².